The number of methoxy groups -OCH3 is 2. The largest absolute Gasteiger partial charge is 0.558 e. The summed E-state index contributed by atoms with van der Waals surface area (Å²) in [4.78, 5) is 0. The van der Waals surface area contributed by atoms with Crippen molar-refractivity contribution < 1.29 is 14.1 Å². The second kappa shape index (κ2) is 23.1. The van der Waals surface area contributed by atoms with E-state index in [-0.39, 0.29) is 17.7 Å². The van der Waals surface area contributed by atoms with Crippen molar-refractivity contribution in [1.29, 1.82) is 0 Å². The lowest BCUT2D eigenvalue weighted by atomic mass is 9.63. The smallest absolute Gasteiger partial charge is 0.388 e. The standard InChI is InChI=1S/C18H22O.C17H23BO.C11H16O.C7H8/c1-11-7-13(3)15(5)16(9-11)17-10-12(2)8-14(4)18(17)19-6;1-6-7-9-14-16(17(2,3)4)19-18(5)15-12-10-8-11-13-15;1-11(2,3)9-7-5-6-8-10(9)12-4;1-7-5-3-2-4-6-7/h7-10H,1-6H3;6-14H,1H2,2-5H3;5-8H,1-4H3;2-6H,1H3/b;9-7-,16-14-;;. The first-order chi connectivity index (χ1) is 26.8. The van der Waals surface area contributed by atoms with E-state index in [1.807, 2.05) is 72.8 Å². The van der Waals surface area contributed by atoms with Gasteiger partial charge in [0.2, 0.25) is 0 Å². The molecule has 4 heteroatoms. The predicted octanol–water partition coefficient (Wildman–Crippen LogP) is 14.1. The number of para-hydroxylation sites is 1. The molecule has 0 atom stereocenters. The molecule has 0 aliphatic carbocycles. The van der Waals surface area contributed by atoms with Gasteiger partial charge in [-0.15, -0.1) is 0 Å². The minimum absolute atomic E-state index is 0.0193. The third-order valence-electron chi connectivity index (χ3n) is 9.39. The molecule has 0 bridgehead atoms. The Bertz CT molecular complexity index is 2030. The van der Waals surface area contributed by atoms with E-state index >= 15 is 0 Å². The predicted molar refractivity (Wildman–Crippen MR) is 251 cm³/mol. The van der Waals surface area contributed by atoms with Crippen molar-refractivity contribution in [2.75, 3.05) is 14.2 Å². The van der Waals surface area contributed by atoms with Crippen LogP contribution in [-0.4, -0.2) is 21.1 Å². The molecule has 0 radical (unpaired) electrons. The van der Waals surface area contributed by atoms with E-state index in [4.69, 9.17) is 14.1 Å². The van der Waals surface area contributed by atoms with Gasteiger partial charge < -0.3 is 14.1 Å². The highest BCUT2D eigenvalue weighted by molar-refractivity contribution is 6.66. The van der Waals surface area contributed by atoms with Crippen molar-refractivity contribution in [1.82, 2.24) is 0 Å². The van der Waals surface area contributed by atoms with Gasteiger partial charge in [0.15, 0.2) is 0 Å². The summed E-state index contributed by atoms with van der Waals surface area (Å²) in [6.45, 7) is 31.6. The van der Waals surface area contributed by atoms with Crippen LogP contribution in [0.1, 0.15) is 80.5 Å². The van der Waals surface area contributed by atoms with Gasteiger partial charge in [0.25, 0.3) is 0 Å². The lowest BCUT2D eigenvalue weighted by Gasteiger charge is -2.26. The van der Waals surface area contributed by atoms with Crippen LogP contribution in [-0.2, 0) is 10.1 Å². The molecule has 0 fully saturated rings. The summed E-state index contributed by atoms with van der Waals surface area (Å²) in [5.74, 6) is 2.94. The van der Waals surface area contributed by atoms with Gasteiger partial charge in [0, 0.05) is 11.0 Å². The Labute approximate surface area is 347 Å². The van der Waals surface area contributed by atoms with Gasteiger partial charge >= 0.3 is 6.92 Å². The molecule has 5 aromatic carbocycles. The average molecular weight is 765 g/mol. The van der Waals surface area contributed by atoms with Crippen LogP contribution in [0.25, 0.3) is 11.1 Å². The van der Waals surface area contributed by atoms with Gasteiger partial charge in [-0.2, -0.15) is 0 Å². The maximum atomic E-state index is 6.12. The van der Waals surface area contributed by atoms with Crippen molar-refractivity contribution in [3.63, 3.8) is 0 Å². The number of benzene rings is 5. The van der Waals surface area contributed by atoms with Crippen LogP contribution >= 0.6 is 0 Å². The molecule has 57 heavy (non-hydrogen) atoms. The van der Waals surface area contributed by atoms with Gasteiger partial charge in [-0.05, 0) is 111 Å². The number of aryl methyl sites for hydroxylation is 5. The van der Waals surface area contributed by atoms with Gasteiger partial charge in [-0.25, -0.2) is 0 Å². The van der Waals surface area contributed by atoms with Crippen LogP contribution in [0, 0.1) is 47.0 Å². The van der Waals surface area contributed by atoms with Crippen LogP contribution in [0.4, 0.5) is 0 Å². The molecule has 0 aromatic heterocycles. The first kappa shape index (κ1) is 47.9. The minimum Gasteiger partial charge on any atom is -0.558 e. The maximum absolute atomic E-state index is 6.12. The molecule has 5 rings (SSSR count). The van der Waals surface area contributed by atoms with Gasteiger partial charge in [0.05, 0.1) is 20.0 Å². The third kappa shape index (κ3) is 16.0. The molecule has 0 N–H and O–H groups in total. The molecule has 5 aromatic rings. The second-order valence-corrected chi connectivity index (χ2v) is 16.6. The van der Waals surface area contributed by atoms with Crippen LogP contribution < -0.4 is 14.9 Å². The first-order valence-corrected chi connectivity index (χ1v) is 19.9. The number of hydrogen-bond donors (Lipinski definition) is 0. The summed E-state index contributed by atoms with van der Waals surface area (Å²) in [6.07, 6.45) is 7.64. The van der Waals surface area contributed by atoms with Crippen LogP contribution in [0.3, 0.4) is 0 Å². The zero-order chi connectivity index (χ0) is 42.8. The summed E-state index contributed by atoms with van der Waals surface area (Å²) in [6, 6.07) is 37.5. The van der Waals surface area contributed by atoms with E-state index in [2.05, 4.69) is 151 Å². The third-order valence-corrected chi connectivity index (χ3v) is 9.39. The molecule has 0 amide bonds. The molecular weight excluding hydrogens is 695 g/mol. The Morgan fingerprint density at radius 1 is 0.596 bits per heavy atom. The molecule has 3 nitrogen and oxygen atoms in total. The molecule has 0 spiro atoms. The lowest BCUT2D eigenvalue weighted by Crippen LogP contribution is -2.32. The lowest BCUT2D eigenvalue weighted by molar-refractivity contribution is 0.301. The second-order valence-electron chi connectivity index (χ2n) is 16.6. The summed E-state index contributed by atoms with van der Waals surface area (Å²) < 4.78 is 17.0. The van der Waals surface area contributed by atoms with E-state index in [0.717, 1.165) is 17.3 Å². The molecule has 0 aliphatic rings. The fraction of sp³-hybridized carbons (Fsp3) is 0.321. The molecular formula is C53H69BO3. The number of hydrogen-bond acceptors (Lipinski definition) is 3. The average Bonchev–Trinajstić information content (AvgIpc) is 3.16. The van der Waals surface area contributed by atoms with Crippen LogP contribution in [0.15, 0.2) is 146 Å². The zero-order valence-electron chi connectivity index (χ0n) is 37.7. The fourth-order valence-electron chi connectivity index (χ4n) is 6.21. The Hall–Kier alpha value is -5.22. The summed E-state index contributed by atoms with van der Waals surface area (Å²) in [7, 11) is 3.46. The summed E-state index contributed by atoms with van der Waals surface area (Å²) in [5.41, 5.74) is 12.8. The highest BCUT2D eigenvalue weighted by Gasteiger charge is 2.23. The van der Waals surface area contributed by atoms with E-state index in [1.54, 1.807) is 20.3 Å². The quantitative estimate of drug-likeness (QED) is 0.0895. The highest BCUT2D eigenvalue weighted by atomic mass is 16.5. The van der Waals surface area contributed by atoms with Crippen LogP contribution in [0.2, 0.25) is 6.82 Å². The Kier molecular flexibility index (Phi) is 19.4. The molecule has 0 heterocycles. The van der Waals surface area contributed by atoms with E-state index in [9.17, 15) is 0 Å². The maximum Gasteiger partial charge on any atom is 0.388 e. The SMILES string of the molecule is C=C/C=C\C=C(/OB(C)c1ccccc1)C(C)(C)C.COc1c(C)cc(C)cc1-c1cc(C)cc(C)c1C.COc1ccccc1C(C)(C)C.Cc1ccccc1. The monoisotopic (exact) mass is 765 g/mol. The normalized spacial score (nSPS) is 11.2. The van der Waals surface area contributed by atoms with Gasteiger partial charge in [-0.1, -0.05) is 175 Å². The number of rotatable bonds is 8. The zero-order valence-corrected chi connectivity index (χ0v) is 37.7. The molecule has 0 aliphatic heterocycles. The first-order valence-electron chi connectivity index (χ1n) is 19.9. The molecule has 0 saturated heterocycles. The van der Waals surface area contributed by atoms with E-state index < -0.39 is 0 Å². The Morgan fingerprint density at radius 2 is 1.12 bits per heavy atom. The highest BCUT2D eigenvalue weighted by Crippen LogP contribution is 2.37. The minimum atomic E-state index is -0.0193. The molecule has 302 valence electrons. The number of allylic oxidation sites excluding steroid dienone is 5. The Morgan fingerprint density at radius 3 is 1.60 bits per heavy atom. The van der Waals surface area contributed by atoms with Crippen molar-refractivity contribution in [3.05, 3.63) is 185 Å². The topological polar surface area (TPSA) is 27.7 Å². The number of ether oxygens (including phenoxy) is 2. The molecule has 0 unspecified atom stereocenters. The van der Waals surface area contributed by atoms with Crippen molar-refractivity contribution in [3.8, 4) is 22.6 Å². The van der Waals surface area contributed by atoms with Crippen molar-refractivity contribution in [2.45, 2.75) is 95.3 Å². The van der Waals surface area contributed by atoms with E-state index in [1.165, 1.54) is 55.5 Å². The summed E-state index contributed by atoms with van der Waals surface area (Å²) in [5, 5.41) is 0. The fourth-order valence-corrected chi connectivity index (χ4v) is 6.21. The Balaban J connectivity index is 0.000000277. The van der Waals surface area contributed by atoms with Crippen molar-refractivity contribution >= 4 is 12.4 Å². The van der Waals surface area contributed by atoms with Gasteiger partial charge in [-0.3, -0.25) is 0 Å². The van der Waals surface area contributed by atoms with Gasteiger partial charge in [0.1, 0.15) is 11.5 Å². The summed E-state index contributed by atoms with van der Waals surface area (Å²) >= 11 is 0. The van der Waals surface area contributed by atoms with Crippen LogP contribution in [0.5, 0.6) is 11.5 Å². The van der Waals surface area contributed by atoms with E-state index in [0.29, 0.717) is 0 Å². The molecule has 0 saturated carbocycles. The van der Waals surface area contributed by atoms with Crippen molar-refractivity contribution in [2.24, 2.45) is 5.41 Å².